The molecule has 34 heavy (non-hydrogen) atoms. The molecule has 0 aliphatic carbocycles. The molecule has 3 heterocycles. The Morgan fingerprint density at radius 1 is 1.18 bits per heavy atom. The topological polar surface area (TPSA) is 81.5 Å². The fourth-order valence-electron chi connectivity index (χ4n) is 4.01. The van der Waals surface area contributed by atoms with E-state index < -0.39 is 0 Å². The van der Waals surface area contributed by atoms with Crippen LogP contribution in [0.4, 0.5) is 5.69 Å². The second-order valence-corrected chi connectivity index (χ2v) is 9.25. The summed E-state index contributed by atoms with van der Waals surface area (Å²) in [6.45, 7) is 2.34. The van der Waals surface area contributed by atoms with E-state index in [0.29, 0.717) is 38.8 Å². The van der Waals surface area contributed by atoms with Crippen molar-refractivity contribution in [2.75, 3.05) is 18.1 Å². The number of Topliss-reactive ketones (excluding diaryl/α,β-unsaturated/α-hetero) is 1. The molecule has 0 bridgehead atoms. The predicted molar refractivity (Wildman–Crippen MR) is 133 cm³/mol. The van der Waals surface area contributed by atoms with Crippen molar-refractivity contribution in [3.05, 3.63) is 75.1 Å². The van der Waals surface area contributed by atoms with Gasteiger partial charge in [-0.2, -0.15) is 0 Å². The summed E-state index contributed by atoms with van der Waals surface area (Å²) < 4.78 is 6.83. The number of hydrogen-bond acceptors (Lipinski definition) is 6. The lowest BCUT2D eigenvalue weighted by Gasteiger charge is -2.29. The Labute approximate surface area is 204 Å². The first-order valence-corrected chi connectivity index (χ1v) is 12.0. The van der Waals surface area contributed by atoms with Crippen LogP contribution in [0.15, 0.2) is 59.0 Å². The Hall–Kier alpha value is -3.49. The molecule has 2 aromatic heterocycles. The number of thiophene rings is 1. The zero-order chi connectivity index (χ0) is 23.8. The van der Waals surface area contributed by atoms with Crippen LogP contribution in [0.1, 0.15) is 23.7 Å². The van der Waals surface area contributed by atoms with Gasteiger partial charge in [-0.15, -0.1) is 11.3 Å². The molecule has 0 N–H and O–H groups in total. The number of ketones is 1. The molecule has 1 aliphatic heterocycles. The molecule has 2 aromatic carbocycles. The summed E-state index contributed by atoms with van der Waals surface area (Å²) in [7, 11) is 0. The van der Waals surface area contributed by atoms with Crippen molar-refractivity contribution in [3.63, 3.8) is 0 Å². The maximum Gasteiger partial charge on any atom is 0.265 e. The third kappa shape index (κ3) is 3.99. The van der Waals surface area contributed by atoms with E-state index in [4.69, 9.17) is 16.3 Å². The van der Waals surface area contributed by atoms with Crippen LogP contribution in [0.5, 0.6) is 5.75 Å². The Balaban J connectivity index is 1.48. The second-order valence-electron chi connectivity index (χ2n) is 7.95. The molecule has 9 heteroatoms. The highest BCUT2D eigenvalue weighted by molar-refractivity contribution is 7.17. The van der Waals surface area contributed by atoms with Crippen LogP contribution >= 0.6 is 22.9 Å². The van der Waals surface area contributed by atoms with Crippen molar-refractivity contribution >= 4 is 50.5 Å². The highest BCUT2D eigenvalue weighted by atomic mass is 35.5. The summed E-state index contributed by atoms with van der Waals surface area (Å²) >= 11 is 7.38. The zero-order valence-electron chi connectivity index (χ0n) is 18.3. The minimum absolute atomic E-state index is 0.0159. The molecule has 1 aliphatic rings. The summed E-state index contributed by atoms with van der Waals surface area (Å²) in [5.41, 5.74) is 2.30. The van der Waals surface area contributed by atoms with E-state index in [1.54, 1.807) is 35.2 Å². The molecule has 0 saturated carbocycles. The van der Waals surface area contributed by atoms with Gasteiger partial charge >= 0.3 is 0 Å². The molecule has 0 fully saturated rings. The van der Waals surface area contributed by atoms with Crippen molar-refractivity contribution in [3.8, 4) is 16.9 Å². The molecule has 7 nitrogen and oxygen atoms in total. The number of rotatable bonds is 6. The third-order valence-corrected chi connectivity index (χ3v) is 6.84. The summed E-state index contributed by atoms with van der Waals surface area (Å²) in [6, 6.07) is 12.2. The van der Waals surface area contributed by atoms with Gasteiger partial charge < -0.3 is 9.64 Å². The van der Waals surface area contributed by atoms with Gasteiger partial charge in [0.25, 0.3) is 11.5 Å². The Morgan fingerprint density at radius 3 is 2.74 bits per heavy atom. The number of amides is 1. The average Bonchev–Trinajstić information content (AvgIpc) is 3.28. The number of fused-ring (bicyclic) bond motifs is 2. The number of hydrogen-bond donors (Lipinski definition) is 0. The van der Waals surface area contributed by atoms with Crippen LogP contribution < -0.4 is 15.2 Å². The van der Waals surface area contributed by atoms with Gasteiger partial charge in [0.1, 0.15) is 10.6 Å². The molecule has 172 valence electrons. The molecule has 0 unspecified atom stereocenters. The van der Waals surface area contributed by atoms with Gasteiger partial charge in [0.15, 0.2) is 12.4 Å². The normalized spacial score (nSPS) is 13.1. The lowest BCUT2D eigenvalue weighted by atomic mass is 10.1. The van der Waals surface area contributed by atoms with E-state index in [0.717, 1.165) is 17.5 Å². The molecule has 0 radical (unpaired) electrons. The molecule has 1 amide bonds. The predicted octanol–water partition coefficient (Wildman–Crippen LogP) is 4.80. The number of anilines is 1. The van der Waals surface area contributed by atoms with Gasteiger partial charge in [0.2, 0.25) is 0 Å². The molecule has 0 atom stereocenters. The minimum Gasteiger partial charge on any atom is -0.482 e. The Morgan fingerprint density at radius 2 is 1.97 bits per heavy atom. The van der Waals surface area contributed by atoms with Gasteiger partial charge in [0, 0.05) is 28.1 Å². The number of aromatic nitrogens is 2. The van der Waals surface area contributed by atoms with Gasteiger partial charge in [0.05, 0.1) is 23.9 Å². The molecule has 5 rings (SSSR count). The number of benzene rings is 2. The lowest BCUT2D eigenvalue weighted by molar-refractivity contribution is -0.121. The van der Waals surface area contributed by atoms with Crippen LogP contribution in [0, 0.1) is 0 Å². The SMILES string of the molecule is CCCN1C(=O)COc2ccc(C(=O)Cn3cnc4scc(-c5ccc(Cl)cc5)c4c3=O)cc21. The van der Waals surface area contributed by atoms with Crippen LogP contribution in [0.2, 0.25) is 5.02 Å². The molecule has 0 saturated heterocycles. The second kappa shape index (κ2) is 9.04. The first kappa shape index (κ1) is 22.3. The fourth-order valence-corrected chi connectivity index (χ4v) is 5.04. The van der Waals surface area contributed by atoms with Gasteiger partial charge in [-0.3, -0.25) is 19.0 Å². The average molecular weight is 494 g/mol. The smallest absolute Gasteiger partial charge is 0.265 e. The summed E-state index contributed by atoms with van der Waals surface area (Å²) in [4.78, 5) is 45.4. The fraction of sp³-hybridized carbons (Fsp3) is 0.200. The molecule has 0 spiro atoms. The van der Waals surface area contributed by atoms with Crippen molar-refractivity contribution in [1.29, 1.82) is 0 Å². The van der Waals surface area contributed by atoms with Crippen molar-refractivity contribution in [1.82, 2.24) is 9.55 Å². The summed E-state index contributed by atoms with van der Waals surface area (Å²) in [5, 5.41) is 2.97. The maximum atomic E-state index is 13.3. The van der Waals surface area contributed by atoms with Crippen molar-refractivity contribution < 1.29 is 14.3 Å². The monoisotopic (exact) mass is 493 g/mol. The first-order chi connectivity index (χ1) is 16.5. The van der Waals surface area contributed by atoms with E-state index in [1.807, 2.05) is 24.4 Å². The number of carbonyl (C=O) groups is 2. The molecular weight excluding hydrogens is 474 g/mol. The van der Waals surface area contributed by atoms with Crippen LogP contribution in [-0.4, -0.2) is 34.4 Å². The van der Waals surface area contributed by atoms with Crippen molar-refractivity contribution in [2.45, 2.75) is 19.9 Å². The van der Waals surface area contributed by atoms with Gasteiger partial charge in [-0.1, -0.05) is 30.7 Å². The highest BCUT2D eigenvalue weighted by Gasteiger charge is 2.26. The Kier molecular flexibility index (Phi) is 5.93. The third-order valence-electron chi connectivity index (χ3n) is 5.70. The zero-order valence-corrected chi connectivity index (χ0v) is 19.9. The van der Waals surface area contributed by atoms with E-state index >= 15 is 0 Å². The number of nitrogens with zero attached hydrogens (tertiary/aromatic N) is 3. The highest BCUT2D eigenvalue weighted by Crippen LogP contribution is 2.34. The Bertz CT molecular complexity index is 1480. The van der Waals surface area contributed by atoms with E-state index in [-0.39, 0.29) is 30.4 Å². The van der Waals surface area contributed by atoms with Crippen LogP contribution in [0.25, 0.3) is 21.3 Å². The molecular formula is C25H20ClN3O4S. The largest absolute Gasteiger partial charge is 0.482 e. The van der Waals surface area contributed by atoms with E-state index in [2.05, 4.69) is 4.98 Å². The lowest BCUT2D eigenvalue weighted by Crippen LogP contribution is -2.39. The number of carbonyl (C=O) groups excluding carboxylic acids is 2. The summed E-state index contributed by atoms with van der Waals surface area (Å²) in [6.07, 6.45) is 2.18. The quantitative estimate of drug-likeness (QED) is 0.360. The number of halogens is 1. The number of ether oxygens (including phenoxy) is 1. The maximum absolute atomic E-state index is 13.3. The van der Waals surface area contributed by atoms with E-state index in [9.17, 15) is 14.4 Å². The first-order valence-electron chi connectivity index (χ1n) is 10.8. The van der Waals surface area contributed by atoms with Crippen LogP contribution in [-0.2, 0) is 11.3 Å². The molecule has 4 aromatic rings. The van der Waals surface area contributed by atoms with E-state index in [1.165, 1.54) is 22.2 Å². The van der Waals surface area contributed by atoms with Gasteiger partial charge in [-0.05, 0) is 42.3 Å². The summed E-state index contributed by atoms with van der Waals surface area (Å²) in [5.74, 6) is 0.163. The standard InChI is InChI=1S/C25H20ClN3O4S/c1-2-9-29-19-10-16(5-8-21(19)33-12-22(29)31)20(30)11-28-14-27-24-23(25(28)32)18(13-34-24)15-3-6-17(26)7-4-15/h3-8,10,13-14H,2,9,11-12H2,1H3. The minimum atomic E-state index is -0.284. The van der Waals surface area contributed by atoms with Crippen LogP contribution in [0.3, 0.4) is 0 Å². The van der Waals surface area contributed by atoms with Gasteiger partial charge in [-0.25, -0.2) is 4.98 Å². The van der Waals surface area contributed by atoms with Crippen molar-refractivity contribution in [2.24, 2.45) is 0 Å².